The Hall–Kier alpha value is -6.21. The van der Waals surface area contributed by atoms with Gasteiger partial charge < -0.3 is 9.80 Å². The number of rotatable bonds is 12. The van der Waals surface area contributed by atoms with Crippen molar-refractivity contribution in [1.82, 2.24) is 0 Å². The molecule has 0 radical (unpaired) electrons. The second-order valence-corrected chi connectivity index (χ2v) is 34.9. The summed E-state index contributed by atoms with van der Waals surface area (Å²) in [5.74, 6) is 1.87. The number of hydrogen-bond acceptors (Lipinski definition) is 2. The van der Waals surface area contributed by atoms with E-state index in [1.165, 1.54) is 99.8 Å². The SMILES string of the molecule is CC(C)c1ccc(N(c2ccc(C(C)C)cc2)c2ccc3cc4c(cc3c2)C([Si](C)(C)C)([Si](C)(C)C)c2c-4c3ccccc3c3cc(N(c4ccc(C(C)C)cc4)c4ccc(C(C)C)cc4)ccc23)cc1. The highest BCUT2D eigenvalue weighted by Crippen LogP contribution is 2.62. The van der Waals surface area contributed by atoms with Crippen LogP contribution in [0.25, 0.3) is 43.4 Å². The largest absolute Gasteiger partial charge is 0.310 e. The molecule has 0 N–H and O–H groups in total. The van der Waals surface area contributed by atoms with Gasteiger partial charge in [0.25, 0.3) is 0 Å². The predicted octanol–water partition coefficient (Wildman–Crippen LogP) is 20.6. The fraction of sp³-hybridized carbons (Fsp3) is 0.284. The van der Waals surface area contributed by atoms with Gasteiger partial charge in [0, 0.05) is 38.8 Å². The molecule has 0 amide bonds. The van der Waals surface area contributed by atoms with Crippen LogP contribution >= 0.6 is 0 Å². The number of benzene rings is 9. The van der Waals surface area contributed by atoms with E-state index in [1.54, 1.807) is 11.1 Å². The van der Waals surface area contributed by atoms with E-state index in [-0.39, 0.29) is 4.66 Å². The van der Waals surface area contributed by atoms with Crippen molar-refractivity contribution in [3.05, 3.63) is 203 Å². The Balaban J connectivity index is 1.21. The van der Waals surface area contributed by atoms with E-state index in [4.69, 9.17) is 0 Å². The molecule has 360 valence electrons. The lowest BCUT2D eigenvalue weighted by Gasteiger charge is -2.51. The van der Waals surface area contributed by atoms with Crippen LogP contribution in [0.3, 0.4) is 0 Å². The first-order valence-corrected chi connectivity index (χ1v) is 33.4. The highest BCUT2D eigenvalue weighted by molar-refractivity contribution is 7.00. The maximum absolute atomic E-state index is 2.66. The Labute approximate surface area is 427 Å². The van der Waals surface area contributed by atoms with Gasteiger partial charge in [-0.25, -0.2) is 0 Å². The van der Waals surface area contributed by atoms with Gasteiger partial charge in [-0.05, 0) is 179 Å². The summed E-state index contributed by atoms with van der Waals surface area (Å²) in [6, 6.07) is 66.2. The molecular formula is C67H74N2Si2. The third kappa shape index (κ3) is 8.16. The highest BCUT2D eigenvalue weighted by Gasteiger charge is 2.60. The Kier molecular flexibility index (Phi) is 12.4. The van der Waals surface area contributed by atoms with Crippen molar-refractivity contribution in [2.75, 3.05) is 9.80 Å². The summed E-state index contributed by atoms with van der Waals surface area (Å²) in [6.07, 6.45) is 0. The standard InChI is InChI=1S/C67H74N2Si2/c1-43(2)47-19-28-53(29-20-47)68(54-30-21-48(22-31-54)44(3)4)57-36-27-51-40-63-64(41-52(51)39-57)67(70(9,10)11,71(12,13)14)66-61-38-37-58(42-62(61)59-17-15-16-18-60(59)65(63)66)69(55-32-23-49(24-33-55)45(5)6)56-34-25-50(26-35-56)46(7)8/h15-46H,1-14H3. The lowest BCUT2D eigenvalue weighted by atomic mass is 9.90. The summed E-state index contributed by atoms with van der Waals surface area (Å²) < 4.78 is -0.0866. The Morgan fingerprint density at radius 1 is 0.338 bits per heavy atom. The van der Waals surface area contributed by atoms with Gasteiger partial charge in [0.05, 0.1) is 16.1 Å². The summed E-state index contributed by atoms with van der Waals surface area (Å²) in [6.45, 7) is 34.2. The maximum atomic E-state index is 2.66. The van der Waals surface area contributed by atoms with Gasteiger partial charge in [-0.2, -0.15) is 0 Å². The fourth-order valence-corrected chi connectivity index (χ4v) is 25.7. The minimum Gasteiger partial charge on any atom is -0.310 e. The molecule has 71 heavy (non-hydrogen) atoms. The van der Waals surface area contributed by atoms with Gasteiger partial charge in [-0.15, -0.1) is 0 Å². The molecule has 0 fully saturated rings. The zero-order valence-corrected chi connectivity index (χ0v) is 46.9. The second kappa shape index (κ2) is 18.1. The molecule has 0 unspecified atom stereocenters. The van der Waals surface area contributed by atoms with Gasteiger partial charge in [-0.3, -0.25) is 0 Å². The second-order valence-electron chi connectivity index (χ2n) is 23.9. The van der Waals surface area contributed by atoms with Crippen LogP contribution in [0.2, 0.25) is 39.3 Å². The lowest BCUT2D eigenvalue weighted by molar-refractivity contribution is 0.866. The van der Waals surface area contributed by atoms with Crippen molar-refractivity contribution < 1.29 is 0 Å². The van der Waals surface area contributed by atoms with Gasteiger partial charge in [0.15, 0.2) is 0 Å². The third-order valence-electron chi connectivity index (χ3n) is 16.1. The summed E-state index contributed by atoms with van der Waals surface area (Å²) in [5, 5.41) is 8.00. The zero-order valence-electron chi connectivity index (χ0n) is 44.9. The Morgan fingerprint density at radius 2 is 0.718 bits per heavy atom. The molecule has 9 aromatic carbocycles. The van der Waals surface area contributed by atoms with Crippen molar-refractivity contribution >= 4 is 82.6 Å². The van der Waals surface area contributed by atoms with E-state index in [2.05, 4.69) is 274 Å². The van der Waals surface area contributed by atoms with Crippen molar-refractivity contribution in [3.63, 3.8) is 0 Å². The van der Waals surface area contributed by atoms with Crippen LogP contribution in [-0.2, 0) is 4.66 Å². The average Bonchev–Trinajstić information content (AvgIpc) is 3.66. The Morgan fingerprint density at radius 3 is 1.13 bits per heavy atom. The first-order valence-electron chi connectivity index (χ1n) is 26.4. The topological polar surface area (TPSA) is 6.48 Å². The van der Waals surface area contributed by atoms with Crippen LogP contribution in [0, 0.1) is 0 Å². The highest BCUT2D eigenvalue weighted by atomic mass is 28.4. The average molecular weight is 964 g/mol. The molecule has 0 aromatic heterocycles. The summed E-state index contributed by atoms with van der Waals surface area (Å²) in [5.41, 5.74) is 18.5. The van der Waals surface area contributed by atoms with E-state index in [9.17, 15) is 0 Å². The van der Waals surface area contributed by atoms with Crippen LogP contribution in [0.1, 0.15) is 112 Å². The third-order valence-corrected chi connectivity index (χ3v) is 26.1. The van der Waals surface area contributed by atoms with Crippen LogP contribution in [0.5, 0.6) is 0 Å². The quantitative estimate of drug-likeness (QED) is 0.0889. The number of anilines is 6. The maximum Gasteiger partial charge on any atom is 0.0579 e. The van der Waals surface area contributed by atoms with Gasteiger partial charge >= 0.3 is 0 Å². The smallest absolute Gasteiger partial charge is 0.0579 e. The van der Waals surface area contributed by atoms with Crippen LogP contribution < -0.4 is 9.80 Å². The molecule has 1 aliphatic rings. The van der Waals surface area contributed by atoms with E-state index < -0.39 is 16.1 Å². The molecule has 10 rings (SSSR count). The minimum absolute atomic E-state index is 0.0866. The monoisotopic (exact) mass is 963 g/mol. The number of nitrogens with zero attached hydrogens (tertiary/aromatic N) is 2. The normalized spacial score (nSPS) is 13.5. The zero-order chi connectivity index (χ0) is 50.3. The molecule has 0 saturated carbocycles. The van der Waals surface area contributed by atoms with Gasteiger partial charge in [0.1, 0.15) is 0 Å². The molecule has 0 heterocycles. The molecule has 0 atom stereocenters. The molecule has 2 nitrogen and oxygen atoms in total. The Bertz CT molecular complexity index is 3300. The molecule has 9 aromatic rings. The molecule has 0 spiro atoms. The number of hydrogen-bond donors (Lipinski definition) is 0. The molecule has 0 aliphatic heterocycles. The van der Waals surface area contributed by atoms with Crippen molar-refractivity contribution in [3.8, 4) is 11.1 Å². The van der Waals surface area contributed by atoms with Crippen molar-refractivity contribution in [2.24, 2.45) is 0 Å². The van der Waals surface area contributed by atoms with Gasteiger partial charge in [-0.1, -0.05) is 186 Å². The fourth-order valence-electron chi connectivity index (χ4n) is 12.7. The minimum atomic E-state index is -2.10. The van der Waals surface area contributed by atoms with E-state index in [0.29, 0.717) is 23.7 Å². The van der Waals surface area contributed by atoms with E-state index in [1.807, 2.05) is 0 Å². The first-order chi connectivity index (χ1) is 33.8. The molecular weight excluding hydrogens is 889 g/mol. The summed E-state index contributed by atoms with van der Waals surface area (Å²) in [7, 11) is -4.21. The van der Waals surface area contributed by atoms with Crippen molar-refractivity contribution in [1.29, 1.82) is 0 Å². The van der Waals surface area contributed by atoms with E-state index >= 15 is 0 Å². The summed E-state index contributed by atoms with van der Waals surface area (Å²) in [4.78, 5) is 4.93. The molecule has 1 aliphatic carbocycles. The summed E-state index contributed by atoms with van der Waals surface area (Å²) >= 11 is 0. The predicted molar refractivity (Wildman–Crippen MR) is 318 cm³/mol. The lowest BCUT2D eigenvalue weighted by Crippen LogP contribution is -2.63. The number of fused-ring (bicyclic) bond motifs is 9. The van der Waals surface area contributed by atoms with Gasteiger partial charge in [0.2, 0.25) is 0 Å². The van der Waals surface area contributed by atoms with E-state index in [0.717, 1.165) is 0 Å². The molecule has 0 bridgehead atoms. The van der Waals surface area contributed by atoms with Crippen molar-refractivity contribution in [2.45, 2.75) is 123 Å². The van der Waals surface area contributed by atoms with Crippen LogP contribution in [0.15, 0.2) is 170 Å². The first kappa shape index (κ1) is 48.4. The van der Waals surface area contributed by atoms with Crippen LogP contribution in [-0.4, -0.2) is 16.1 Å². The molecule has 0 saturated heterocycles. The molecule has 4 heteroatoms. The van der Waals surface area contributed by atoms with Crippen LogP contribution in [0.4, 0.5) is 34.1 Å².